The van der Waals surface area contributed by atoms with Crippen LogP contribution in [0.3, 0.4) is 0 Å². The zero-order valence-electron chi connectivity index (χ0n) is 8.91. The molecule has 0 aromatic carbocycles. The van der Waals surface area contributed by atoms with Gasteiger partial charge in [-0.3, -0.25) is 4.79 Å². The van der Waals surface area contributed by atoms with Crippen LogP contribution >= 0.6 is 0 Å². The Morgan fingerprint density at radius 2 is 2.00 bits per heavy atom. The molecule has 0 radical (unpaired) electrons. The highest BCUT2D eigenvalue weighted by molar-refractivity contribution is 5.70. The lowest BCUT2D eigenvalue weighted by molar-refractivity contribution is -0.275. The minimum absolute atomic E-state index is 0.250. The van der Waals surface area contributed by atoms with Gasteiger partial charge in [0.15, 0.2) is 5.75 Å². The summed E-state index contributed by atoms with van der Waals surface area (Å²) in [6.07, 6.45) is -9.51. The van der Waals surface area contributed by atoms with Crippen LogP contribution in [-0.2, 0) is 11.2 Å². The van der Waals surface area contributed by atoms with Gasteiger partial charge in [0.25, 0.3) is 6.43 Å². The molecular formula is C9H6F5NO4. The van der Waals surface area contributed by atoms with E-state index in [1.54, 1.807) is 0 Å². The standard InChI is InChI=1S/C9H6F5NO4/c10-8(11)7-4(16)2-5(19-9(12,13)14)3(15-7)1-6(17)18/h2,8,16H,1H2,(H,17,18). The number of aliphatic carboxylic acids is 1. The summed E-state index contributed by atoms with van der Waals surface area (Å²) in [6, 6.07) is 0.250. The fraction of sp³-hybridized carbons (Fsp3) is 0.333. The van der Waals surface area contributed by atoms with Gasteiger partial charge in [0.2, 0.25) is 0 Å². The number of carboxylic acid groups (broad SMARTS) is 1. The van der Waals surface area contributed by atoms with Crippen LogP contribution in [0.4, 0.5) is 22.0 Å². The van der Waals surface area contributed by atoms with E-state index in [1.165, 1.54) is 0 Å². The number of carbonyl (C=O) groups is 1. The van der Waals surface area contributed by atoms with E-state index in [2.05, 4.69) is 9.72 Å². The first-order valence-corrected chi connectivity index (χ1v) is 4.58. The summed E-state index contributed by atoms with van der Waals surface area (Å²) in [6.45, 7) is 0. The van der Waals surface area contributed by atoms with Gasteiger partial charge < -0.3 is 14.9 Å². The molecule has 1 rings (SSSR count). The van der Waals surface area contributed by atoms with Gasteiger partial charge in [0.1, 0.15) is 11.4 Å². The van der Waals surface area contributed by atoms with Gasteiger partial charge in [0, 0.05) is 6.07 Å². The van der Waals surface area contributed by atoms with Gasteiger partial charge >= 0.3 is 12.3 Å². The topological polar surface area (TPSA) is 79.7 Å². The number of halogens is 5. The fourth-order valence-corrected chi connectivity index (χ4v) is 1.18. The molecule has 0 bridgehead atoms. The third kappa shape index (κ3) is 4.23. The molecule has 2 N–H and O–H groups in total. The third-order valence-electron chi connectivity index (χ3n) is 1.82. The Labute approximate surface area is 102 Å². The monoisotopic (exact) mass is 287 g/mol. The Morgan fingerprint density at radius 3 is 2.42 bits per heavy atom. The van der Waals surface area contributed by atoms with Crippen LogP contribution in [0.1, 0.15) is 17.8 Å². The van der Waals surface area contributed by atoms with E-state index in [4.69, 9.17) is 10.2 Å². The zero-order chi connectivity index (χ0) is 14.8. The number of carboxylic acids is 1. The number of hydrogen-bond acceptors (Lipinski definition) is 4. The lowest BCUT2D eigenvalue weighted by Gasteiger charge is -2.13. The van der Waals surface area contributed by atoms with Crippen molar-refractivity contribution in [1.29, 1.82) is 0 Å². The molecule has 0 saturated carbocycles. The largest absolute Gasteiger partial charge is 0.573 e. The molecule has 0 fully saturated rings. The smallest absolute Gasteiger partial charge is 0.506 e. The Balaban J connectivity index is 3.27. The number of nitrogens with zero attached hydrogens (tertiary/aromatic N) is 1. The number of aromatic nitrogens is 1. The first-order valence-electron chi connectivity index (χ1n) is 4.58. The van der Waals surface area contributed by atoms with Crippen molar-refractivity contribution in [3.8, 4) is 11.5 Å². The summed E-state index contributed by atoms with van der Waals surface area (Å²) in [5.41, 5.74) is -2.08. The Morgan fingerprint density at radius 1 is 1.42 bits per heavy atom. The Bertz CT molecular complexity index is 488. The Hall–Kier alpha value is -2.13. The molecule has 0 atom stereocenters. The summed E-state index contributed by atoms with van der Waals surface area (Å²) >= 11 is 0. The third-order valence-corrected chi connectivity index (χ3v) is 1.82. The number of alkyl halides is 5. The molecule has 0 aliphatic carbocycles. The fourth-order valence-electron chi connectivity index (χ4n) is 1.18. The number of hydrogen-bond donors (Lipinski definition) is 2. The molecule has 0 unspecified atom stereocenters. The van der Waals surface area contributed by atoms with E-state index in [1.807, 2.05) is 0 Å². The molecule has 0 amide bonds. The Kier molecular flexibility index (Phi) is 4.12. The van der Waals surface area contributed by atoms with Crippen molar-refractivity contribution >= 4 is 5.97 Å². The van der Waals surface area contributed by atoms with Crippen LogP contribution in [0, 0.1) is 0 Å². The molecule has 106 valence electrons. The quantitative estimate of drug-likeness (QED) is 0.830. The highest BCUT2D eigenvalue weighted by Gasteiger charge is 2.33. The predicted octanol–water partition coefficient (Wildman–Crippen LogP) is 2.25. The van der Waals surface area contributed by atoms with Crippen molar-refractivity contribution < 1.29 is 41.7 Å². The van der Waals surface area contributed by atoms with E-state index < -0.39 is 48.1 Å². The van der Waals surface area contributed by atoms with E-state index >= 15 is 0 Å². The first kappa shape index (κ1) is 14.9. The van der Waals surface area contributed by atoms with Crippen molar-refractivity contribution in [2.24, 2.45) is 0 Å². The second-order valence-electron chi connectivity index (χ2n) is 3.26. The maximum Gasteiger partial charge on any atom is 0.573 e. The van der Waals surface area contributed by atoms with Crippen LogP contribution in [-0.4, -0.2) is 27.5 Å². The number of ether oxygens (including phenoxy) is 1. The van der Waals surface area contributed by atoms with E-state index in [9.17, 15) is 26.7 Å². The zero-order valence-corrected chi connectivity index (χ0v) is 8.91. The van der Waals surface area contributed by atoms with Crippen LogP contribution in [0.2, 0.25) is 0 Å². The minimum Gasteiger partial charge on any atom is -0.506 e. The molecule has 10 heteroatoms. The molecule has 19 heavy (non-hydrogen) atoms. The van der Waals surface area contributed by atoms with Gasteiger partial charge in [0.05, 0.1) is 12.1 Å². The molecule has 1 aromatic rings. The summed E-state index contributed by atoms with van der Waals surface area (Å²) in [5, 5.41) is 17.5. The second kappa shape index (κ2) is 5.24. The highest BCUT2D eigenvalue weighted by atomic mass is 19.4. The average Bonchev–Trinajstić information content (AvgIpc) is 2.18. The van der Waals surface area contributed by atoms with E-state index in [0.717, 1.165) is 0 Å². The normalized spacial score (nSPS) is 11.7. The van der Waals surface area contributed by atoms with Crippen molar-refractivity contribution in [3.63, 3.8) is 0 Å². The maximum atomic E-state index is 12.4. The molecule has 0 aliphatic heterocycles. The maximum absolute atomic E-state index is 12.4. The average molecular weight is 287 g/mol. The highest BCUT2D eigenvalue weighted by Crippen LogP contribution is 2.34. The summed E-state index contributed by atoms with van der Waals surface area (Å²) in [5.74, 6) is -3.95. The van der Waals surface area contributed by atoms with Gasteiger partial charge in [-0.1, -0.05) is 0 Å². The molecule has 0 spiro atoms. The lowest BCUT2D eigenvalue weighted by Crippen LogP contribution is -2.19. The first-order chi connectivity index (χ1) is 8.60. The van der Waals surface area contributed by atoms with Crippen LogP contribution in [0.25, 0.3) is 0 Å². The summed E-state index contributed by atoms with van der Waals surface area (Å²) in [7, 11) is 0. The second-order valence-corrected chi connectivity index (χ2v) is 3.26. The van der Waals surface area contributed by atoms with E-state index in [-0.39, 0.29) is 6.07 Å². The molecule has 5 nitrogen and oxygen atoms in total. The van der Waals surface area contributed by atoms with Crippen LogP contribution < -0.4 is 4.74 Å². The van der Waals surface area contributed by atoms with Gasteiger partial charge in [-0.25, -0.2) is 13.8 Å². The van der Waals surface area contributed by atoms with Crippen molar-refractivity contribution in [3.05, 3.63) is 17.5 Å². The van der Waals surface area contributed by atoms with Gasteiger partial charge in [-0.2, -0.15) is 0 Å². The van der Waals surface area contributed by atoms with Crippen molar-refractivity contribution in [1.82, 2.24) is 4.98 Å². The molecule has 1 heterocycles. The number of aromatic hydroxyl groups is 1. The number of rotatable bonds is 4. The van der Waals surface area contributed by atoms with Crippen molar-refractivity contribution in [2.75, 3.05) is 0 Å². The molecule has 0 aliphatic rings. The molecular weight excluding hydrogens is 281 g/mol. The summed E-state index contributed by atoms with van der Waals surface area (Å²) in [4.78, 5) is 13.4. The minimum atomic E-state index is -5.17. The van der Waals surface area contributed by atoms with Crippen LogP contribution in [0.15, 0.2) is 6.07 Å². The predicted molar refractivity (Wildman–Crippen MR) is 48.9 cm³/mol. The van der Waals surface area contributed by atoms with Gasteiger partial charge in [-0.05, 0) is 0 Å². The summed E-state index contributed by atoms with van der Waals surface area (Å²) < 4.78 is 64.2. The van der Waals surface area contributed by atoms with Gasteiger partial charge in [-0.15, -0.1) is 13.2 Å². The van der Waals surface area contributed by atoms with Crippen molar-refractivity contribution in [2.45, 2.75) is 19.2 Å². The molecule has 0 saturated heterocycles. The SMILES string of the molecule is O=C(O)Cc1nc(C(F)F)c(O)cc1OC(F)(F)F. The molecule has 1 aromatic heterocycles. The van der Waals surface area contributed by atoms with Crippen LogP contribution in [0.5, 0.6) is 11.5 Å². The number of pyridine rings is 1. The lowest BCUT2D eigenvalue weighted by atomic mass is 10.2. The van der Waals surface area contributed by atoms with E-state index in [0.29, 0.717) is 0 Å².